The molecule has 2 fully saturated rings. The molecule has 152 valence electrons. The molecule has 0 N–H and O–H groups in total. The number of halogens is 1. The minimum absolute atomic E-state index is 0.00148. The quantitative estimate of drug-likeness (QED) is 0.799. The molecule has 0 aromatic heterocycles. The highest BCUT2D eigenvalue weighted by molar-refractivity contribution is 6.00. The third-order valence-electron chi connectivity index (χ3n) is 5.89. The molecule has 0 radical (unpaired) electrons. The number of hydrogen-bond acceptors (Lipinski definition) is 3. The summed E-state index contributed by atoms with van der Waals surface area (Å²) in [7, 11) is 0. The van der Waals surface area contributed by atoms with Crippen LogP contribution in [0.3, 0.4) is 0 Å². The summed E-state index contributed by atoms with van der Waals surface area (Å²) >= 11 is 0. The van der Waals surface area contributed by atoms with E-state index in [0.29, 0.717) is 38.4 Å². The molecule has 2 aromatic carbocycles. The van der Waals surface area contributed by atoms with E-state index in [-0.39, 0.29) is 30.0 Å². The molecule has 2 saturated heterocycles. The topological polar surface area (TPSA) is 43.9 Å². The molecular formula is C23H26FN3O2. The number of nitrogens with zero attached hydrogens (tertiary/aromatic N) is 3. The van der Waals surface area contributed by atoms with E-state index >= 15 is 0 Å². The van der Waals surface area contributed by atoms with Crippen LogP contribution in [0, 0.1) is 11.7 Å². The van der Waals surface area contributed by atoms with Gasteiger partial charge in [-0.2, -0.15) is 0 Å². The summed E-state index contributed by atoms with van der Waals surface area (Å²) in [6, 6.07) is 14.7. The molecule has 4 rings (SSSR count). The van der Waals surface area contributed by atoms with Crippen molar-refractivity contribution in [3.05, 3.63) is 59.9 Å². The second kappa shape index (κ2) is 8.23. The number of benzene rings is 2. The average molecular weight is 395 g/mol. The van der Waals surface area contributed by atoms with Crippen molar-refractivity contribution < 1.29 is 14.0 Å². The minimum atomic E-state index is -0.312. The normalized spacial score (nSPS) is 19.7. The SMILES string of the molecule is CCc1cccc(N2C[C@@H](C(=O)N3CCN(c4ccccc4F)CC3)CC2=O)c1. The molecule has 0 unspecified atom stereocenters. The van der Waals surface area contributed by atoms with Gasteiger partial charge in [-0.1, -0.05) is 31.2 Å². The summed E-state index contributed by atoms with van der Waals surface area (Å²) in [5.41, 5.74) is 2.63. The van der Waals surface area contributed by atoms with Crippen LogP contribution in [-0.4, -0.2) is 49.4 Å². The van der Waals surface area contributed by atoms with Gasteiger partial charge in [0.1, 0.15) is 5.82 Å². The molecule has 2 aromatic rings. The van der Waals surface area contributed by atoms with Gasteiger partial charge in [0.15, 0.2) is 0 Å². The maximum atomic E-state index is 14.0. The molecule has 0 bridgehead atoms. The van der Waals surface area contributed by atoms with Crippen molar-refractivity contribution in [2.75, 3.05) is 42.5 Å². The van der Waals surface area contributed by atoms with Gasteiger partial charge in [-0.25, -0.2) is 4.39 Å². The summed E-state index contributed by atoms with van der Waals surface area (Å²) in [6.45, 7) is 4.79. The number of hydrogen-bond donors (Lipinski definition) is 0. The van der Waals surface area contributed by atoms with E-state index in [1.54, 1.807) is 17.0 Å². The van der Waals surface area contributed by atoms with Gasteiger partial charge in [0.05, 0.1) is 11.6 Å². The van der Waals surface area contributed by atoms with Gasteiger partial charge < -0.3 is 14.7 Å². The molecule has 2 aliphatic rings. The van der Waals surface area contributed by atoms with Crippen molar-refractivity contribution in [3.63, 3.8) is 0 Å². The van der Waals surface area contributed by atoms with Gasteiger partial charge in [-0.3, -0.25) is 9.59 Å². The smallest absolute Gasteiger partial charge is 0.228 e. The Hall–Kier alpha value is -2.89. The van der Waals surface area contributed by atoms with Crippen LogP contribution in [0.25, 0.3) is 0 Å². The van der Waals surface area contributed by atoms with Gasteiger partial charge >= 0.3 is 0 Å². The highest BCUT2D eigenvalue weighted by Crippen LogP contribution is 2.28. The van der Waals surface area contributed by atoms with Crippen molar-refractivity contribution in [3.8, 4) is 0 Å². The standard InChI is InChI=1S/C23H26FN3O2/c1-2-17-6-5-7-19(14-17)27-16-18(15-22(27)28)23(29)26-12-10-25(11-13-26)21-9-4-3-8-20(21)24/h3-9,14,18H,2,10-13,15-16H2,1H3/t18-/m0/s1. The van der Waals surface area contributed by atoms with Crippen LogP contribution < -0.4 is 9.80 Å². The van der Waals surface area contributed by atoms with Crippen molar-refractivity contribution in [1.29, 1.82) is 0 Å². The summed E-state index contributed by atoms with van der Waals surface area (Å²) in [6.07, 6.45) is 1.16. The fourth-order valence-corrected chi connectivity index (χ4v) is 4.20. The Kier molecular flexibility index (Phi) is 5.51. The van der Waals surface area contributed by atoms with Gasteiger partial charge in [0.2, 0.25) is 11.8 Å². The molecule has 5 nitrogen and oxygen atoms in total. The second-order valence-electron chi connectivity index (χ2n) is 7.69. The third kappa shape index (κ3) is 3.97. The molecule has 2 heterocycles. The van der Waals surface area contributed by atoms with E-state index < -0.39 is 0 Å². The number of anilines is 2. The molecule has 29 heavy (non-hydrogen) atoms. The Labute approximate surface area is 170 Å². The zero-order valence-electron chi connectivity index (χ0n) is 16.7. The fourth-order valence-electron chi connectivity index (χ4n) is 4.20. The van der Waals surface area contributed by atoms with Gasteiger partial charge in [-0.15, -0.1) is 0 Å². The van der Waals surface area contributed by atoms with E-state index in [4.69, 9.17) is 0 Å². The van der Waals surface area contributed by atoms with E-state index in [1.165, 1.54) is 11.6 Å². The summed E-state index contributed by atoms with van der Waals surface area (Å²) < 4.78 is 14.0. The van der Waals surface area contributed by atoms with Crippen molar-refractivity contribution in [2.45, 2.75) is 19.8 Å². The molecule has 2 aliphatic heterocycles. The van der Waals surface area contributed by atoms with Crippen LogP contribution >= 0.6 is 0 Å². The largest absolute Gasteiger partial charge is 0.366 e. The molecule has 0 aliphatic carbocycles. The average Bonchev–Trinajstić information content (AvgIpc) is 3.15. The first-order valence-corrected chi connectivity index (χ1v) is 10.2. The number of rotatable bonds is 4. The summed E-state index contributed by atoms with van der Waals surface area (Å²) in [5, 5.41) is 0. The highest BCUT2D eigenvalue weighted by atomic mass is 19.1. The number of amides is 2. The highest BCUT2D eigenvalue weighted by Gasteiger charge is 2.38. The lowest BCUT2D eigenvalue weighted by atomic mass is 10.1. The predicted octanol–water partition coefficient (Wildman–Crippen LogP) is 3.09. The lowest BCUT2D eigenvalue weighted by Gasteiger charge is -2.37. The Morgan fingerprint density at radius 1 is 1.07 bits per heavy atom. The number of carbonyl (C=O) groups is 2. The number of carbonyl (C=O) groups excluding carboxylic acids is 2. The maximum absolute atomic E-state index is 14.0. The lowest BCUT2D eigenvalue weighted by Crippen LogP contribution is -2.51. The Morgan fingerprint density at radius 3 is 2.55 bits per heavy atom. The number of aryl methyl sites for hydroxylation is 1. The Morgan fingerprint density at radius 2 is 1.83 bits per heavy atom. The fraction of sp³-hybridized carbons (Fsp3) is 0.391. The Bertz CT molecular complexity index is 909. The maximum Gasteiger partial charge on any atom is 0.228 e. The van der Waals surface area contributed by atoms with Gasteiger partial charge in [0.25, 0.3) is 0 Å². The van der Waals surface area contributed by atoms with Crippen molar-refractivity contribution >= 4 is 23.2 Å². The zero-order chi connectivity index (χ0) is 20.4. The summed E-state index contributed by atoms with van der Waals surface area (Å²) in [4.78, 5) is 31.1. The van der Waals surface area contributed by atoms with Crippen LogP contribution in [0.15, 0.2) is 48.5 Å². The van der Waals surface area contributed by atoms with Crippen molar-refractivity contribution in [2.24, 2.45) is 5.92 Å². The molecule has 2 amide bonds. The molecule has 6 heteroatoms. The minimum Gasteiger partial charge on any atom is -0.366 e. The summed E-state index contributed by atoms with van der Waals surface area (Å²) in [5.74, 6) is -0.520. The number of piperazine rings is 1. The van der Waals surface area contributed by atoms with E-state index in [9.17, 15) is 14.0 Å². The van der Waals surface area contributed by atoms with E-state index in [1.807, 2.05) is 40.1 Å². The molecule has 0 spiro atoms. The predicted molar refractivity (Wildman–Crippen MR) is 111 cm³/mol. The van der Waals surface area contributed by atoms with Crippen LogP contribution in [0.1, 0.15) is 18.9 Å². The van der Waals surface area contributed by atoms with E-state index in [0.717, 1.165) is 12.1 Å². The van der Waals surface area contributed by atoms with Crippen LogP contribution in [-0.2, 0) is 16.0 Å². The van der Waals surface area contributed by atoms with E-state index in [2.05, 4.69) is 6.92 Å². The lowest BCUT2D eigenvalue weighted by molar-refractivity contribution is -0.136. The van der Waals surface area contributed by atoms with Gasteiger partial charge in [-0.05, 0) is 36.2 Å². The monoisotopic (exact) mass is 395 g/mol. The molecule has 1 atom stereocenters. The number of para-hydroxylation sites is 1. The first-order valence-electron chi connectivity index (χ1n) is 10.2. The zero-order valence-corrected chi connectivity index (χ0v) is 16.7. The molecule has 0 saturated carbocycles. The first kappa shape index (κ1) is 19.4. The van der Waals surface area contributed by atoms with Gasteiger partial charge in [0, 0.05) is 44.8 Å². The van der Waals surface area contributed by atoms with Crippen LogP contribution in [0.2, 0.25) is 0 Å². The molecular weight excluding hydrogens is 369 g/mol. The van der Waals surface area contributed by atoms with Crippen LogP contribution in [0.4, 0.5) is 15.8 Å². The second-order valence-corrected chi connectivity index (χ2v) is 7.69. The van der Waals surface area contributed by atoms with Crippen molar-refractivity contribution in [1.82, 2.24) is 4.90 Å². The Balaban J connectivity index is 1.38. The van der Waals surface area contributed by atoms with Crippen LogP contribution in [0.5, 0.6) is 0 Å². The third-order valence-corrected chi connectivity index (χ3v) is 5.89. The first-order chi connectivity index (χ1) is 14.1.